The highest BCUT2D eigenvalue weighted by Crippen LogP contribution is 2.48. The Morgan fingerprint density at radius 1 is 1.36 bits per heavy atom. The Bertz CT molecular complexity index is 1100. The molecular weight excluding hydrogens is 458 g/mol. The van der Waals surface area contributed by atoms with Crippen molar-refractivity contribution < 1.29 is 4.79 Å². The Balaban J connectivity index is 2.00. The summed E-state index contributed by atoms with van der Waals surface area (Å²) in [7, 11) is 0. The van der Waals surface area contributed by atoms with E-state index in [4.69, 9.17) is 17.3 Å². The number of ketones is 1. The lowest BCUT2D eigenvalue weighted by atomic mass is 9.78. The summed E-state index contributed by atoms with van der Waals surface area (Å²) in [6.07, 6.45) is 1.99. The van der Waals surface area contributed by atoms with Crippen LogP contribution in [0.15, 0.2) is 56.8 Å². The number of allylic oxidation sites excluding steroid dienone is 3. The van der Waals surface area contributed by atoms with E-state index >= 15 is 0 Å². The highest BCUT2D eigenvalue weighted by molar-refractivity contribution is 9.10. The van der Waals surface area contributed by atoms with Crippen LogP contribution in [0.1, 0.15) is 35.6 Å². The molecule has 2 aliphatic rings. The molecule has 1 aliphatic carbocycles. The monoisotopic (exact) mass is 473 g/mol. The summed E-state index contributed by atoms with van der Waals surface area (Å²) in [6, 6.07) is 9.83. The molecule has 0 spiro atoms. The van der Waals surface area contributed by atoms with E-state index < -0.39 is 5.92 Å². The number of hydrogen-bond donors (Lipinski definition) is 1. The molecule has 2 N–H and O–H groups in total. The summed E-state index contributed by atoms with van der Waals surface area (Å²) in [6.45, 7) is 1.97. The normalized spacial score (nSPS) is 19.7. The number of benzene rings is 1. The van der Waals surface area contributed by atoms with Crippen LogP contribution in [-0.4, -0.2) is 5.78 Å². The first-order valence-corrected chi connectivity index (χ1v) is 10.9. The molecule has 28 heavy (non-hydrogen) atoms. The van der Waals surface area contributed by atoms with Crippen LogP contribution in [0.5, 0.6) is 0 Å². The van der Waals surface area contributed by atoms with Gasteiger partial charge in [0.15, 0.2) is 5.78 Å². The molecule has 7 heteroatoms. The number of rotatable bonds is 2. The van der Waals surface area contributed by atoms with Crippen LogP contribution in [0.3, 0.4) is 0 Å². The maximum absolute atomic E-state index is 13.0. The molecule has 2 aromatic rings. The molecule has 1 aliphatic heterocycles. The lowest BCUT2D eigenvalue weighted by molar-refractivity contribution is -0.116. The molecule has 4 rings (SSSR count). The third kappa shape index (κ3) is 3.08. The van der Waals surface area contributed by atoms with Gasteiger partial charge in [-0.3, -0.25) is 9.69 Å². The number of carbonyl (C=O) groups is 1. The predicted molar refractivity (Wildman–Crippen MR) is 116 cm³/mol. The molecule has 0 bridgehead atoms. The van der Waals surface area contributed by atoms with Gasteiger partial charge < -0.3 is 5.73 Å². The standard InChI is InChI=1S/C21H17BrClN3OS/c1-11-5-6-13(23)8-16(11)26-15-3-2-4-17(27)20(15)19(14(9-24)21(26)25)18-7-12(22)10-28-18/h5-8,10,19H,2-4,25H2,1H3. The van der Waals surface area contributed by atoms with E-state index in [-0.39, 0.29) is 5.78 Å². The van der Waals surface area contributed by atoms with Crippen molar-refractivity contribution >= 4 is 50.3 Å². The fraction of sp³-hybridized carbons (Fsp3) is 0.238. The first kappa shape index (κ1) is 19.3. The Morgan fingerprint density at radius 2 is 2.14 bits per heavy atom. The molecule has 0 fully saturated rings. The quantitative estimate of drug-likeness (QED) is 0.599. The Morgan fingerprint density at radius 3 is 2.82 bits per heavy atom. The minimum Gasteiger partial charge on any atom is -0.384 e. The minimum atomic E-state index is -0.417. The van der Waals surface area contributed by atoms with E-state index in [0.29, 0.717) is 28.4 Å². The number of Topliss-reactive ketones (excluding diaryl/α,β-unsaturated/α-hetero) is 1. The maximum Gasteiger partial charge on any atom is 0.161 e. The molecule has 1 aromatic heterocycles. The van der Waals surface area contributed by atoms with E-state index in [2.05, 4.69) is 22.0 Å². The van der Waals surface area contributed by atoms with Gasteiger partial charge in [0.25, 0.3) is 0 Å². The molecule has 0 saturated heterocycles. The second-order valence-electron chi connectivity index (χ2n) is 6.91. The van der Waals surface area contributed by atoms with Crippen LogP contribution >= 0.6 is 38.9 Å². The van der Waals surface area contributed by atoms with Crippen LogP contribution in [-0.2, 0) is 4.79 Å². The number of nitriles is 1. The minimum absolute atomic E-state index is 0.0840. The van der Waals surface area contributed by atoms with Gasteiger partial charge in [-0.25, -0.2) is 0 Å². The molecule has 142 valence electrons. The molecule has 1 atom stereocenters. The van der Waals surface area contributed by atoms with Crippen LogP contribution in [0.2, 0.25) is 5.02 Å². The summed E-state index contributed by atoms with van der Waals surface area (Å²) in [5.41, 5.74) is 10.3. The fourth-order valence-corrected chi connectivity index (χ4v) is 5.68. The first-order chi connectivity index (χ1) is 13.4. The van der Waals surface area contributed by atoms with Crippen LogP contribution in [0.25, 0.3) is 0 Å². The third-order valence-corrected chi connectivity index (χ3v) is 7.19. The number of carbonyl (C=O) groups excluding carboxylic acids is 1. The van der Waals surface area contributed by atoms with Crippen LogP contribution in [0.4, 0.5) is 5.69 Å². The smallest absolute Gasteiger partial charge is 0.161 e. The average molecular weight is 475 g/mol. The number of anilines is 1. The van der Waals surface area contributed by atoms with E-state index in [1.165, 1.54) is 11.3 Å². The van der Waals surface area contributed by atoms with Crippen LogP contribution in [0, 0.1) is 18.3 Å². The molecular formula is C21H17BrClN3OS. The van der Waals surface area contributed by atoms with E-state index in [9.17, 15) is 10.1 Å². The van der Waals surface area contributed by atoms with Crippen molar-refractivity contribution in [2.45, 2.75) is 32.1 Å². The van der Waals surface area contributed by atoms with E-state index in [1.807, 2.05) is 41.5 Å². The summed E-state index contributed by atoms with van der Waals surface area (Å²) in [4.78, 5) is 15.8. The van der Waals surface area contributed by atoms with Crippen molar-refractivity contribution in [1.29, 1.82) is 5.26 Å². The summed E-state index contributed by atoms with van der Waals surface area (Å²) < 4.78 is 0.932. The van der Waals surface area contributed by atoms with Crippen molar-refractivity contribution in [2.24, 2.45) is 5.73 Å². The molecule has 4 nitrogen and oxygen atoms in total. The molecule has 2 heterocycles. The van der Waals surface area contributed by atoms with Crippen molar-refractivity contribution in [3.63, 3.8) is 0 Å². The van der Waals surface area contributed by atoms with Crippen molar-refractivity contribution in [1.82, 2.24) is 0 Å². The van der Waals surface area contributed by atoms with E-state index in [0.717, 1.165) is 39.1 Å². The van der Waals surface area contributed by atoms with Crippen molar-refractivity contribution in [3.8, 4) is 6.07 Å². The number of nitrogens with two attached hydrogens (primary N) is 1. The highest BCUT2D eigenvalue weighted by Gasteiger charge is 2.41. The molecule has 1 unspecified atom stereocenters. The Labute approximate surface area is 181 Å². The zero-order valence-corrected chi connectivity index (χ0v) is 18.3. The highest BCUT2D eigenvalue weighted by atomic mass is 79.9. The molecule has 1 aromatic carbocycles. The van der Waals surface area contributed by atoms with Gasteiger partial charge in [-0.05, 0) is 59.5 Å². The zero-order valence-electron chi connectivity index (χ0n) is 15.1. The van der Waals surface area contributed by atoms with Gasteiger partial charge in [0.05, 0.1) is 23.2 Å². The van der Waals surface area contributed by atoms with Gasteiger partial charge in [0.1, 0.15) is 5.82 Å². The maximum atomic E-state index is 13.0. The van der Waals surface area contributed by atoms with Gasteiger partial charge in [-0.1, -0.05) is 17.7 Å². The van der Waals surface area contributed by atoms with Gasteiger partial charge >= 0.3 is 0 Å². The predicted octanol–water partition coefficient (Wildman–Crippen LogP) is 5.78. The third-order valence-electron chi connectivity index (χ3n) is 5.20. The SMILES string of the molecule is Cc1ccc(Cl)cc1N1C(N)=C(C#N)C(c2cc(Br)cs2)C2=C1CCCC2=O. The Hall–Kier alpha value is -2.07. The Kier molecular flexibility index (Phi) is 5.09. The second-order valence-corrected chi connectivity index (χ2v) is 9.21. The number of hydrogen-bond acceptors (Lipinski definition) is 5. The van der Waals surface area contributed by atoms with Crippen LogP contribution < -0.4 is 10.6 Å². The van der Waals surface area contributed by atoms with Gasteiger partial charge in [0.2, 0.25) is 0 Å². The first-order valence-electron chi connectivity index (χ1n) is 8.88. The number of thiophene rings is 1. The average Bonchev–Trinajstić information content (AvgIpc) is 3.09. The van der Waals surface area contributed by atoms with Crippen molar-refractivity contribution in [2.75, 3.05) is 4.90 Å². The largest absolute Gasteiger partial charge is 0.384 e. The lowest BCUT2D eigenvalue weighted by Gasteiger charge is -2.39. The zero-order chi connectivity index (χ0) is 20.0. The summed E-state index contributed by atoms with van der Waals surface area (Å²) in [5, 5.41) is 12.5. The molecule has 0 saturated carbocycles. The topological polar surface area (TPSA) is 70.1 Å². The summed E-state index contributed by atoms with van der Waals surface area (Å²) >= 11 is 11.3. The van der Waals surface area contributed by atoms with Gasteiger partial charge in [-0.2, -0.15) is 5.26 Å². The number of nitrogens with zero attached hydrogens (tertiary/aromatic N) is 2. The van der Waals surface area contributed by atoms with Gasteiger partial charge in [0, 0.05) is 37.4 Å². The molecule has 0 amide bonds. The summed E-state index contributed by atoms with van der Waals surface area (Å²) in [5.74, 6) is 0.0383. The lowest BCUT2D eigenvalue weighted by Crippen LogP contribution is -2.38. The number of aryl methyl sites for hydroxylation is 1. The number of halogens is 2. The van der Waals surface area contributed by atoms with E-state index in [1.54, 1.807) is 0 Å². The van der Waals surface area contributed by atoms with Gasteiger partial charge in [-0.15, -0.1) is 11.3 Å². The van der Waals surface area contributed by atoms with Crippen molar-refractivity contribution in [3.05, 3.63) is 72.2 Å². The fourth-order valence-electron chi connectivity index (χ4n) is 3.95. The molecule has 0 radical (unpaired) electrons. The second kappa shape index (κ2) is 7.40.